The minimum atomic E-state index is -0.606. The molecule has 0 saturated carbocycles. The number of carbonyl (C=O) groups excluding carboxylic acids is 1. The molecule has 0 unspecified atom stereocenters. The Bertz CT molecular complexity index is 1880. The molecule has 9 nitrogen and oxygen atoms in total. The second kappa shape index (κ2) is 12.5. The number of anilines is 1. The summed E-state index contributed by atoms with van der Waals surface area (Å²) in [5.41, 5.74) is 1.86. The highest BCUT2D eigenvalue weighted by Gasteiger charge is 2.24. The van der Waals surface area contributed by atoms with Crippen LogP contribution in [-0.2, 0) is 0 Å². The minimum Gasteiger partial charge on any atom is -0.493 e. The Balaban J connectivity index is 1.44. The molecule has 44 heavy (non-hydrogen) atoms. The number of methoxy groups -OCH3 is 2. The van der Waals surface area contributed by atoms with Gasteiger partial charge < -0.3 is 24.1 Å². The molecule has 3 aromatic heterocycles. The molecule has 1 amide bonds. The molecule has 5 rings (SSSR count). The number of nitrogens with zero attached hydrogens (tertiary/aromatic N) is 3. The zero-order valence-corrected chi connectivity index (χ0v) is 25.3. The number of hydrogen-bond acceptors (Lipinski definition) is 7. The van der Waals surface area contributed by atoms with Crippen molar-refractivity contribution in [3.63, 3.8) is 0 Å². The van der Waals surface area contributed by atoms with Crippen LogP contribution in [0, 0.1) is 5.82 Å². The number of benzene rings is 2. The first-order chi connectivity index (χ1) is 21.1. The summed E-state index contributed by atoms with van der Waals surface area (Å²) in [6.07, 6.45) is 4.68. The first-order valence-corrected chi connectivity index (χ1v) is 14.1. The number of ether oxygens (including phenoxy) is 3. The predicted octanol–water partition coefficient (Wildman–Crippen LogP) is 7.36. The predicted molar refractivity (Wildman–Crippen MR) is 168 cm³/mol. The summed E-state index contributed by atoms with van der Waals surface area (Å²) in [6, 6.07) is 14.2. The number of carbonyl (C=O) groups is 1. The Morgan fingerprint density at radius 2 is 1.61 bits per heavy atom. The van der Waals surface area contributed by atoms with Gasteiger partial charge in [-0.25, -0.2) is 9.37 Å². The number of rotatable bonds is 9. The summed E-state index contributed by atoms with van der Waals surface area (Å²) in [5, 5.41) is 3.44. The van der Waals surface area contributed by atoms with Gasteiger partial charge in [-0.05, 0) is 61.7 Å². The van der Waals surface area contributed by atoms with E-state index in [1.54, 1.807) is 69.1 Å². The molecule has 10 heteroatoms. The third-order valence-electron chi connectivity index (χ3n) is 7.17. The van der Waals surface area contributed by atoms with Crippen LogP contribution < -0.4 is 25.0 Å². The molecule has 0 aliphatic heterocycles. The topological polar surface area (TPSA) is 105 Å². The van der Waals surface area contributed by atoms with Crippen molar-refractivity contribution in [2.24, 2.45) is 0 Å². The van der Waals surface area contributed by atoms with E-state index in [2.05, 4.69) is 15.3 Å². The number of nitrogens with one attached hydrogen (secondary N) is 1. The van der Waals surface area contributed by atoms with Crippen molar-refractivity contribution in [1.29, 1.82) is 0 Å². The molecule has 0 bridgehead atoms. The number of fused-ring (bicyclic) bond motifs is 1. The van der Waals surface area contributed by atoms with Crippen LogP contribution >= 0.6 is 0 Å². The van der Waals surface area contributed by atoms with Crippen LogP contribution in [0.2, 0.25) is 0 Å². The maximum atomic E-state index is 13.8. The van der Waals surface area contributed by atoms with Gasteiger partial charge in [0.15, 0.2) is 11.5 Å². The molecule has 0 aliphatic rings. The average molecular weight is 597 g/mol. The van der Waals surface area contributed by atoms with Crippen LogP contribution in [0.15, 0.2) is 78.0 Å². The van der Waals surface area contributed by atoms with Crippen molar-refractivity contribution in [3.05, 3.63) is 100 Å². The van der Waals surface area contributed by atoms with E-state index < -0.39 is 17.2 Å². The molecule has 0 fully saturated rings. The number of pyridine rings is 3. The second-order valence-electron chi connectivity index (χ2n) is 10.8. The van der Waals surface area contributed by atoms with Gasteiger partial charge in [0.25, 0.3) is 5.91 Å². The first-order valence-electron chi connectivity index (χ1n) is 14.1. The van der Waals surface area contributed by atoms with Crippen molar-refractivity contribution >= 4 is 22.6 Å². The van der Waals surface area contributed by atoms with Crippen molar-refractivity contribution in [3.8, 4) is 34.1 Å². The van der Waals surface area contributed by atoms with E-state index in [1.807, 2.05) is 32.3 Å². The van der Waals surface area contributed by atoms with Crippen LogP contribution in [0.25, 0.3) is 22.0 Å². The Hall–Kier alpha value is -5.25. The SMILES string of the molecule is COc1cc2nccc(Oc3ccc(NC(=O)c4cn(C(C)C)c(C(C)C)c(-c5ccc(F)cc5)c4=O)nc3)c2cc1OC. The van der Waals surface area contributed by atoms with Crippen molar-refractivity contribution in [2.45, 2.75) is 39.7 Å². The van der Waals surface area contributed by atoms with Crippen molar-refractivity contribution in [1.82, 2.24) is 14.5 Å². The van der Waals surface area contributed by atoms with Gasteiger partial charge in [0.1, 0.15) is 28.7 Å². The number of halogens is 1. The fourth-order valence-electron chi connectivity index (χ4n) is 5.08. The van der Waals surface area contributed by atoms with Gasteiger partial charge in [0, 0.05) is 41.1 Å². The zero-order valence-electron chi connectivity index (χ0n) is 25.3. The Kier molecular flexibility index (Phi) is 8.61. The molecular formula is C34H33FN4O5. The third kappa shape index (κ3) is 5.96. The Labute approximate surface area is 254 Å². The summed E-state index contributed by atoms with van der Waals surface area (Å²) in [7, 11) is 3.11. The van der Waals surface area contributed by atoms with Crippen molar-refractivity contribution < 1.29 is 23.4 Å². The molecule has 5 aromatic rings. The molecule has 0 saturated heterocycles. The Morgan fingerprint density at radius 1 is 0.909 bits per heavy atom. The highest BCUT2D eigenvalue weighted by atomic mass is 19.1. The van der Waals surface area contributed by atoms with Gasteiger partial charge in [-0.2, -0.15) is 0 Å². The lowest BCUT2D eigenvalue weighted by Gasteiger charge is -2.24. The van der Waals surface area contributed by atoms with Gasteiger partial charge in [-0.15, -0.1) is 0 Å². The van der Waals surface area contributed by atoms with E-state index in [1.165, 1.54) is 18.3 Å². The number of hydrogen-bond donors (Lipinski definition) is 1. The molecule has 226 valence electrons. The second-order valence-corrected chi connectivity index (χ2v) is 10.8. The summed E-state index contributed by atoms with van der Waals surface area (Å²) in [5.74, 6) is 1.23. The van der Waals surface area contributed by atoms with E-state index >= 15 is 0 Å². The fourth-order valence-corrected chi connectivity index (χ4v) is 5.08. The maximum absolute atomic E-state index is 13.8. The van der Waals surface area contributed by atoms with E-state index in [0.717, 1.165) is 5.69 Å². The van der Waals surface area contributed by atoms with Gasteiger partial charge in [0.2, 0.25) is 5.43 Å². The van der Waals surface area contributed by atoms with Gasteiger partial charge >= 0.3 is 0 Å². The largest absolute Gasteiger partial charge is 0.493 e. The van der Waals surface area contributed by atoms with Gasteiger partial charge in [0.05, 0.1) is 25.9 Å². The number of amides is 1. The first kappa shape index (κ1) is 30.2. The molecule has 1 N–H and O–H groups in total. The van der Waals surface area contributed by atoms with Gasteiger partial charge in [-0.1, -0.05) is 26.0 Å². The van der Waals surface area contributed by atoms with Crippen LogP contribution in [0.5, 0.6) is 23.0 Å². The summed E-state index contributed by atoms with van der Waals surface area (Å²) < 4.78 is 32.5. The van der Waals surface area contributed by atoms with Crippen LogP contribution in [0.1, 0.15) is 55.7 Å². The summed E-state index contributed by atoms with van der Waals surface area (Å²) >= 11 is 0. The van der Waals surface area contributed by atoms with E-state index in [9.17, 15) is 14.0 Å². The average Bonchev–Trinajstić information content (AvgIpc) is 3.01. The Morgan fingerprint density at radius 3 is 2.23 bits per heavy atom. The summed E-state index contributed by atoms with van der Waals surface area (Å²) in [6.45, 7) is 7.92. The lowest BCUT2D eigenvalue weighted by molar-refractivity contribution is 0.102. The third-order valence-corrected chi connectivity index (χ3v) is 7.17. The summed E-state index contributed by atoms with van der Waals surface area (Å²) in [4.78, 5) is 36.0. The monoisotopic (exact) mass is 596 g/mol. The molecule has 3 heterocycles. The smallest absolute Gasteiger partial charge is 0.262 e. The highest BCUT2D eigenvalue weighted by molar-refractivity contribution is 6.04. The molecule has 0 radical (unpaired) electrons. The lowest BCUT2D eigenvalue weighted by Crippen LogP contribution is -2.28. The van der Waals surface area contributed by atoms with Crippen molar-refractivity contribution in [2.75, 3.05) is 19.5 Å². The highest BCUT2D eigenvalue weighted by Crippen LogP contribution is 2.37. The standard InChI is InChI=1S/C34H33FN4O5/c1-19(2)32-31(21-7-9-22(35)10-8-21)33(40)25(18-39(32)20(3)4)34(41)38-30-12-11-23(17-37-30)44-27-13-14-36-26-16-29(43-6)28(42-5)15-24(26)27/h7-20H,1-6H3,(H,37,38,41). The van der Waals surface area contributed by atoms with Crippen LogP contribution in [-0.4, -0.2) is 34.7 Å². The number of aromatic nitrogens is 3. The minimum absolute atomic E-state index is 0.0305. The van der Waals surface area contributed by atoms with Crippen LogP contribution in [0.3, 0.4) is 0 Å². The maximum Gasteiger partial charge on any atom is 0.262 e. The molecule has 2 aromatic carbocycles. The van der Waals surface area contributed by atoms with E-state index in [4.69, 9.17) is 14.2 Å². The quantitative estimate of drug-likeness (QED) is 0.190. The van der Waals surface area contributed by atoms with E-state index in [0.29, 0.717) is 45.0 Å². The van der Waals surface area contributed by atoms with Gasteiger partial charge in [-0.3, -0.25) is 14.6 Å². The zero-order chi connectivity index (χ0) is 31.5. The van der Waals surface area contributed by atoms with E-state index in [-0.39, 0.29) is 23.3 Å². The molecule has 0 atom stereocenters. The lowest BCUT2D eigenvalue weighted by atomic mass is 9.94. The molecule has 0 aliphatic carbocycles. The molecular weight excluding hydrogens is 563 g/mol. The normalized spacial score (nSPS) is 11.2. The molecule has 0 spiro atoms. The van der Waals surface area contributed by atoms with Crippen LogP contribution in [0.4, 0.5) is 10.2 Å². The fraction of sp³-hybridized carbons (Fsp3) is 0.235.